The van der Waals surface area contributed by atoms with Crippen LogP contribution in [0.5, 0.6) is 5.75 Å². The number of aryl methyl sites for hydroxylation is 3. The van der Waals surface area contributed by atoms with Crippen LogP contribution in [-0.4, -0.2) is 37.9 Å². The molecule has 0 unspecified atom stereocenters. The Morgan fingerprint density at radius 1 is 0.418 bits per heavy atom. The lowest BCUT2D eigenvalue weighted by Crippen LogP contribution is -2.09. The van der Waals surface area contributed by atoms with E-state index in [1.807, 2.05) is 19.1 Å². The molecule has 0 N–H and O–H groups in total. The summed E-state index contributed by atoms with van der Waals surface area (Å²) in [4.78, 5) is 45.8. The topological polar surface area (TPSA) is 96.0 Å². The maximum absolute atomic E-state index is 12.4. The zero-order valence-electron chi connectivity index (χ0n) is 32.1. The summed E-state index contributed by atoms with van der Waals surface area (Å²) in [6.45, 7) is 7.66. The Kier molecular flexibility index (Phi) is 15.4. The fraction of sp³-hybridized carbons (Fsp3) is 0.167. The molecule has 0 saturated heterocycles. The number of Topliss-reactive ketones (excluding diaryl/α,β-unsaturated/α-hetero) is 1. The number of esters is 3. The Morgan fingerprint density at radius 2 is 0.818 bits per heavy atom. The molecule has 280 valence electrons. The SMILES string of the molecule is CC(=O)c1ccc(C(=O)Oc2ccc(Cc3ccc(C)c(C)c3)cc2C)cc1.COC(=O)c1ccc(C(=O)OC)cc1.c1ccc(Cc2ccccc2)cc1. The van der Waals surface area contributed by atoms with E-state index in [9.17, 15) is 19.2 Å². The van der Waals surface area contributed by atoms with Gasteiger partial charge < -0.3 is 14.2 Å². The van der Waals surface area contributed by atoms with Crippen molar-refractivity contribution in [2.75, 3.05) is 14.2 Å². The van der Waals surface area contributed by atoms with Crippen LogP contribution in [-0.2, 0) is 22.3 Å². The second-order valence-electron chi connectivity index (χ2n) is 12.9. The summed E-state index contributed by atoms with van der Waals surface area (Å²) >= 11 is 0. The van der Waals surface area contributed by atoms with Gasteiger partial charge in [0.25, 0.3) is 0 Å². The van der Waals surface area contributed by atoms with Crippen LogP contribution in [0.15, 0.2) is 146 Å². The molecule has 6 aromatic carbocycles. The van der Waals surface area contributed by atoms with E-state index in [1.165, 1.54) is 78.8 Å². The molecule has 0 fully saturated rings. The monoisotopic (exact) mass is 734 g/mol. The molecule has 0 heterocycles. The molecule has 0 bridgehead atoms. The zero-order valence-corrected chi connectivity index (χ0v) is 32.1. The third kappa shape index (κ3) is 12.8. The van der Waals surface area contributed by atoms with Crippen molar-refractivity contribution >= 4 is 23.7 Å². The number of carbonyl (C=O) groups excluding carboxylic acids is 4. The summed E-state index contributed by atoms with van der Waals surface area (Å²) in [6, 6.07) is 46.0. The largest absolute Gasteiger partial charge is 0.465 e. The minimum atomic E-state index is -0.430. The van der Waals surface area contributed by atoms with Crippen molar-refractivity contribution in [2.45, 2.75) is 40.5 Å². The highest BCUT2D eigenvalue weighted by molar-refractivity contribution is 5.96. The highest BCUT2D eigenvalue weighted by atomic mass is 16.5. The average Bonchev–Trinajstić information content (AvgIpc) is 3.21. The van der Waals surface area contributed by atoms with Gasteiger partial charge in [0.05, 0.1) is 30.9 Å². The second kappa shape index (κ2) is 20.6. The van der Waals surface area contributed by atoms with E-state index in [4.69, 9.17) is 4.74 Å². The average molecular weight is 735 g/mol. The maximum atomic E-state index is 12.4. The molecule has 0 aromatic heterocycles. The second-order valence-corrected chi connectivity index (χ2v) is 12.9. The number of ether oxygens (including phenoxy) is 3. The number of ketones is 1. The molecule has 0 atom stereocenters. The number of rotatable bonds is 9. The third-order valence-electron chi connectivity index (χ3n) is 8.77. The molecule has 0 aliphatic rings. The van der Waals surface area contributed by atoms with Crippen LogP contribution in [0.3, 0.4) is 0 Å². The van der Waals surface area contributed by atoms with Crippen LogP contribution < -0.4 is 4.74 Å². The van der Waals surface area contributed by atoms with Gasteiger partial charge >= 0.3 is 17.9 Å². The number of hydrogen-bond acceptors (Lipinski definition) is 7. The molecule has 7 heteroatoms. The van der Waals surface area contributed by atoms with E-state index < -0.39 is 17.9 Å². The van der Waals surface area contributed by atoms with Crippen molar-refractivity contribution in [3.63, 3.8) is 0 Å². The Labute approximate surface area is 323 Å². The molecule has 0 saturated carbocycles. The van der Waals surface area contributed by atoms with Gasteiger partial charge in [-0.25, -0.2) is 14.4 Å². The first-order chi connectivity index (χ1) is 26.5. The molecule has 7 nitrogen and oxygen atoms in total. The van der Waals surface area contributed by atoms with Gasteiger partial charge in [0.1, 0.15) is 5.75 Å². The standard InChI is InChI=1S/C25H24O3.C13H12.C10H10O4/c1-16-5-6-20(13-17(16)2)15-21-7-12-24(18(3)14-21)28-25(27)23-10-8-22(9-11-23)19(4)26;1-3-7-12(8-4-1)11-13-9-5-2-6-10-13;1-13-9(11)7-3-5-8(6-4-7)10(12)14-2/h5-14H,15H2,1-4H3;1-10H,11H2;3-6H,1-2H3. The van der Waals surface area contributed by atoms with Gasteiger partial charge in [0.15, 0.2) is 5.78 Å². The summed E-state index contributed by atoms with van der Waals surface area (Å²) in [6.07, 6.45) is 1.87. The number of methoxy groups -OCH3 is 2. The minimum absolute atomic E-state index is 0.0323. The zero-order chi connectivity index (χ0) is 39.7. The van der Waals surface area contributed by atoms with Crippen molar-refractivity contribution in [1.29, 1.82) is 0 Å². The summed E-state index contributed by atoms with van der Waals surface area (Å²) < 4.78 is 14.6. The Morgan fingerprint density at radius 3 is 1.24 bits per heavy atom. The van der Waals surface area contributed by atoms with Crippen molar-refractivity contribution in [2.24, 2.45) is 0 Å². The van der Waals surface area contributed by atoms with Crippen LogP contribution in [0, 0.1) is 20.8 Å². The van der Waals surface area contributed by atoms with Gasteiger partial charge in [-0.15, -0.1) is 0 Å². The van der Waals surface area contributed by atoms with Crippen molar-refractivity contribution < 1.29 is 33.4 Å². The summed E-state index contributed by atoms with van der Waals surface area (Å²) in [5, 5.41) is 0. The molecule has 0 aliphatic carbocycles. The van der Waals surface area contributed by atoms with Gasteiger partial charge in [-0.05, 0) is 122 Å². The Balaban J connectivity index is 0.000000207. The summed E-state index contributed by atoms with van der Waals surface area (Å²) in [7, 11) is 2.60. The molecule has 6 rings (SSSR count). The van der Waals surface area contributed by atoms with Crippen molar-refractivity contribution in [3.8, 4) is 5.75 Å². The fourth-order valence-corrected chi connectivity index (χ4v) is 5.49. The van der Waals surface area contributed by atoms with Gasteiger partial charge in [-0.2, -0.15) is 0 Å². The molecule has 0 spiro atoms. The van der Waals surface area contributed by atoms with E-state index in [2.05, 4.69) is 108 Å². The van der Waals surface area contributed by atoms with Crippen LogP contribution >= 0.6 is 0 Å². The predicted octanol–water partition coefficient (Wildman–Crippen LogP) is 10.2. The van der Waals surface area contributed by atoms with E-state index in [0.29, 0.717) is 28.0 Å². The van der Waals surface area contributed by atoms with Gasteiger partial charge in [-0.1, -0.05) is 103 Å². The normalized spacial score (nSPS) is 10.1. The van der Waals surface area contributed by atoms with E-state index >= 15 is 0 Å². The molecular formula is C48H46O7. The summed E-state index contributed by atoms with van der Waals surface area (Å²) in [5.74, 6) is -0.775. The first-order valence-corrected chi connectivity index (χ1v) is 17.8. The van der Waals surface area contributed by atoms with Gasteiger partial charge in [-0.3, -0.25) is 4.79 Å². The van der Waals surface area contributed by atoms with Crippen LogP contribution in [0.2, 0.25) is 0 Å². The number of benzene rings is 6. The maximum Gasteiger partial charge on any atom is 0.343 e. The molecule has 0 radical (unpaired) electrons. The Bertz CT molecular complexity index is 2120. The number of carbonyl (C=O) groups is 4. The highest BCUT2D eigenvalue weighted by Gasteiger charge is 2.12. The molecule has 55 heavy (non-hydrogen) atoms. The first-order valence-electron chi connectivity index (χ1n) is 17.8. The van der Waals surface area contributed by atoms with Crippen molar-refractivity contribution in [3.05, 3.63) is 207 Å². The van der Waals surface area contributed by atoms with Crippen molar-refractivity contribution in [1.82, 2.24) is 0 Å². The lowest BCUT2D eigenvalue weighted by Gasteiger charge is -2.11. The van der Waals surface area contributed by atoms with E-state index in [-0.39, 0.29) is 5.78 Å². The molecule has 0 aliphatic heterocycles. The van der Waals surface area contributed by atoms with E-state index in [0.717, 1.165) is 18.4 Å². The number of hydrogen-bond donors (Lipinski definition) is 0. The lowest BCUT2D eigenvalue weighted by molar-refractivity contribution is 0.0586. The minimum Gasteiger partial charge on any atom is -0.465 e. The fourth-order valence-electron chi connectivity index (χ4n) is 5.49. The molecule has 0 amide bonds. The van der Waals surface area contributed by atoms with Gasteiger partial charge in [0.2, 0.25) is 0 Å². The van der Waals surface area contributed by atoms with Crippen LogP contribution in [0.4, 0.5) is 0 Å². The third-order valence-corrected chi connectivity index (χ3v) is 8.77. The first kappa shape index (κ1) is 41.2. The Hall–Kier alpha value is -6.60. The predicted molar refractivity (Wildman–Crippen MR) is 216 cm³/mol. The smallest absolute Gasteiger partial charge is 0.343 e. The van der Waals surface area contributed by atoms with Crippen LogP contribution in [0.25, 0.3) is 0 Å². The van der Waals surface area contributed by atoms with E-state index in [1.54, 1.807) is 24.3 Å². The quantitative estimate of drug-likeness (QED) is 0.0829. The molecule has 6 aromatic rings. The van der Waals surface area contributed by atoms with Gasteiger partial charge in [0, 0.05) is 5.56 Å². The lowest BCUT2D eigenvalue weighted by atomic mass is 9.99. The summed E-state index contributed by atoms with van der Waals surface area (Å²) in [5.41, 5.74) is 10.5. The highest BCUT2D eigenvalue weighted by Crippen LogP contribution is 2.23. The molecular weight excluding hydrogens is 689 g/mol. The van der Waals surface area contributed by atoms with Crippen LogP contribution in [0.1, 0.15) is 87.3 Å².